The summed E-state index contributed by atoms with van der Waals surface area (Å²) in [5.41, 5.74) is 1.90. The molecule has 0 aliphatic heterocycles. The molecular weight excluding hydrogens is 436 g/mol. The first kappa shape index (κ1) is 18.6. The first-order valence-corrected chi connectivity index (χ1v) is 11.1. The normalized spacial score (nSPS) is 11.0. The third-order valence-electron chi connectivity index (χ3n) is 3.24. The average Bonchev–Trinajstić information content (AvgIpc) is 3.17. The van der Waals surface area contributed by atoms with E-state index in [-0.39, 0.29) is 5.91 Å². The molecule has 0 aliphatic carbocycles. The zero-order valence-corrected chi connectivity index (χ0v) is 17.8. The molecule has 2 heterocycles. The van der Waals surface area contributed by atoms with Gasteiger partial charge in [0.1, 0.15) is 0 Å². The van der Waals surface area contributed by atoms with E-state index in [1.165, 1.54) is 16.2 Å². The van der Waals surface area contributed by atoms with Crippen molar-refractivity contribution >= 4 is 61.4 Å². The van der Waals surface area contributed by atoms with E-state index in [1.54, 1.807) is 11.3 Å². The largest absolute Gasteiger partial charge is 0.302 e. The minimum absolute atomic E-state index is 0.0440. The molecule has 0 saturated carbocycles. The Morgan fingerprint density at radius 3 is 2.64 bits per heavy atom. The van der Waals surface area contributed by atoms with E-state index in [0.717, 1.165) is 19.9 Å². The third-order valence-corrected chi connectivity index (χ3v) is 6.66. The van der Waals surface area contributed by atoms with Crippen LogP contribution in [-0.4, -0.2) is 16.1 Å². The Labute approximate surface area is 168 Å². The average molecular weight is 453 g/mol. The molecule has 1 aromatic carbocycles. The number of anilines is 1. The number of thiophene rings is 1. The topological polar surface area (TPSA) is 42.0 Å². The first-order chi connectivity index (χ1) is 12.0. The summed E-state index contributed by atoms with van der Waals surface area (Å²) in [6.45, 7) is 4.34. The van der Waals surface area contributed by atoms with E-state index < -0.39 is 0 Å². The number of rotatable bonds is 6. The Hall–Kier alpha value is -1.15. The minimum atomic E-state index is -0.0440. The summed E-state index contributed by atoms with van der Waals surface area (Å²) in [4.78, 5) is 19.0. The summed E-state index contributed by atoms with van der Waals surface area (Å²) in [7, 11) is 0. The molecule has 1 N–H and O–H groups in total. The van der Waals surface area contributed by atoms with E-state index >= 15 is 0 Å². The number of carbonyl (C=O) groups is 1. The maximum Gasteiger partial charge on any atom is 0.230 e. The predicted octanol–water partition coefficient (Wildman–Crippen LogP) is 6.32. The highest BCUT2D eigenvalue weighted by Crippen LogP contribution is 2.33. The minimum Gasteiger partial charge on any atom is -0.302 e. The summed E-state index contributed by atoms with van der Waals surface area (Å²) in [5.74, 6) is -0.0440. The molecule has 130 valence electrons. The van der Waals surface area contributed by atoms with Gasteiger partial charge >= 0.3 is 0 Å². The van der Waals surface area contributed by atoms with Crippen molar-refractivity contribution in [1.29, 1.82) is 0 Å². The van der Waals surface area contributed by atoms with Gasteiger partial charge < -0.3 is 5.32 Å². The second-order valence-electron chi connectivity index (χ2n) is 5.68. The van der Waals surface area contributed by atoms with Crippen molar-refractivity contribution in [3.05, 3.63) is 51.1 Å². The molecule has 1 amide bonds. The lowest BCUT2D eigenvalue weighted by Gasteiger charge is -2.06. The van der Waals surface area contributed by atoms with Gasteiger partial charge in [0, 0.05) is 15.5 Å². The van der Waals surface area contributed by atoms with Crippen LogP contribution in [0.4, 0.5) is 5.13 Å². The summed E-state index contributed by atoms with van der Waals surface area (Å²) >= 11 is 8.35. The molecular formula is C18H17BrN2OS3. The number of thioether (sulfide) groups is 1. The van der Waals surface area contributed by atoms with Gasteiger partial charge in [-0.3, -0.25) is 4.79 Å². The Morgan fingerprint density at radius 1 is 1.24 bits per heavy atom. The molecule has 3 nitrogen and oxygen atoms in total. The lowest BCUT2D eigenvalue weighted by molar-refractivity contribution is -0.115. The van der Waals surface area contributed by atoms with Gasteiger partial charge in [0.15, 0.2) is 5.13 Å². The van der Waals surface area contributed by atoms with Crippen molar-refractivity contribution in [2.24, 2.45) is 0 Å². The number of benzene rings is 1. The van der Waals surface area contributed by atoms with Gasteiger partial charge in [-0.05, 0) is 45.8 Å². The van der Waals surface area contributed by atoms with Crippen LogP contribution in [0.2, 0.25) is 0 Å². The molecule has 2 aromatic heterocycles. The highest BCUT2D eigenvalue weighted by Gasteiger charge is 2.10. The number of halogens is 1. The van der Waals surface area contributed by atoms with Crippen molar-refractivity contribution in [2.75, 3.05) is 5.32 Å². The SMILES string of the molecule is CC(C)Sc1ccc(CC(=O)Nc2nc(-c3ccc(Br)s3)cs2)cc1. The second-order valence-corrected chi connectivity index (χ2v) is 10.6. The van der Waals surface area contributed by atoms with Crippen LogP contribution in [0.15, 0.2) is 50.5 Å². The van der Waals surface area contributed by atoms with E-state index in [2.05, 4.69) is 52.2 Å². The van der Waals surface area contributed by atoms with E-state index in [0.29, 0.717) is 16.8 Å². The fourth-order valence-electron chi connectivity index (χ4n) is 2.20. The molecule has 3 rings (SSSR count). The number of hydrogen-bond donors (Lipinski definition) is 1. The van der Waals surface area contributed by atoms with Gasteiger partial charge in [-0.15, -0.1) is 34.4 Å². The Balaban J connectivity index is 1.58. The molecule has 7 heteroatoms. The van der Waals surface area contributed by atoms with E-state index in [4.69, 9.17) is 0 Å². The molecule has 0 spiro atoms. The van der Waals surface area contributed by atoms with Gasteiger partial charge in [-0.1, -0.05) is 26.0 Å². The highest BCUT2D eigenvalue weighted by atomic mass is 79.9. The monoisotopic (exact) mass is 452 g/mol. The number of aromatic nitrogens is 1. The Bertz CT molecular complexity index is 855. The second kappa shape index (κ2) is 8.49. The number of nitrogens with one attached hydrogen (secondary N) is 1. The fraction of sp³-hybridized carbons (Fsp3) is 0.222. The molecule has 0 fully saturated rings. The molecule has 0 bridgehead atoms. The Kier molecular flexibility index (Phi) is 6.33. The maximum atomic E-state index is 12.2. The number of amides is 1. The van der Waals surface area contributed by atoms with Gasteiger partial charge in [0.25, 0.3) is 0 Å². The summed E-state index contributed by atoms with van der Waals surface area (Å²) in [6, 6.07) is 12.2. The number of carbonyl (C=O) groups excluding carboxylic acids is 1. The highest BCUT2D eigenvalue weighted by molar-refractivity contribution is 9.11. The van der Waals surface area contributed by atoms with Crippen LogP contribution in [0.1, 0.15) is 19.4 Å². The molecule has 0 radical (unpaired) electrons. The van der Waals surface area contributed by atoms with Gasteiger partial charge in [0.2, 0.25) is 5.91 Å². The number of thiazole rings is 1. The van der Waals surface area contributed by atoms with E-state index in [9.17, 15) is 4.79 Å². The predicted molar refractivity (Wildman–Crippen MR) is 113 cm³/mol. The molecule has 0 unspecified atom stereocenters. The fourth-order valence-corrected chi connectivity index (χ4v) is 5.19. The third kappa shape index (κ3) is 5.41. The standard InChI is InChI=1S/C18H17BrN2OS3/c1-11(2)24-13-5-3-12(4-6-13)9-17(22)21-18-20-14(10-23-18)15-7-8-16(19)25-15/h3-8,10-11H,9H2,1-2H3,(H,20,21,22). The Morgan fingerprint density at radius 2 is 2.00 bits per heavy atom. The summed E-state index contributed by atoms with van der Waals surface area (Å²) in [5, 5.41) is 6.04. The van der Waals surface area contributed by atoms with Crippen molar-refractivity contribution in [2.45, 2.75) is 30.4 Å². The number of hydrogen-bond acceptors (Lipinski definition) is 5. The molecule has 3 aromatic rings. The van der Waals surface area contributed by atoms with Gasteiger partial charge in [-0.25, -0.2) is 4.98 Å². The molecule has 0 aliphatic rings. The molecule has 25 heavy (non-hydrogen) atoms. The summed E-state index contributed by atoms with van der Waals surface area (Å²) < 4.78 is 1.07. The van der Waals surface area contributed by atoms with Crippen molar-refractivity contribution in [3.63, 3.8) is 0 Å². The lowest BCUT2D eigenvalue weighted by atomic mass is 10.1. The van der Waals surface area contributed by atoms with Crippen molar-refractivity contribution < 1.29 is 4.79 Å². The smallest absolute Gasteiger partial charge is 0.230 e. The van der Waals surface area contributed by atoms with Crippen molar-refractivity contribution in [3.8, 4) is 10.6 Å². The zero-order chi connectivity index (χ0) is 17.8. The van der Waals surface area contributed by atoms with Gasteiger partial charge in [-0.2, -0.15) is 0 Å². The van der Waals surface area contributed by atoms with Gasteiger partial charge in [0.05, 0.1) is 20.8 Å². The first-order valence-electron chi connectivity index (χ1n) is 7.76. The van der Waals surface area contributed by atoms with Crippen LogP contribution in [0.3, 0.4) is 0 Å². The zero-order valence-electron chi connectivity index (χ0n) is 13.8. The van der Waals surface area contributed by atoms with Crippen LogP contribution in [-0.2, 0) is 11.2 Å². The van der Waals surface area contributed by atoms with Crippen LogP contribution < -0.4 is 5.32 Å². The van der Waals surface area contributed by atoms with Crippen molar-refractivity contribution in [1.82, 2.24) is 4.98 Å². The van der Waals surface area contributed by atoms with Crippen LogP contribution in [0.5, 0.6) is 0 Å². The molecule has 0 atom stereocenters. The van der Waals surface area contributed by atoms with Crippen LogP contribution >= 0.6 is 50.4 Å². The molecule has 0 saturated heterocycles. The summed E-state index contributed by atoms with van der Waals surface area (Å²) in [6.07, 6.45) is 0.353. The lowest BCUT2D eigenvalue weighted by Crippen LogP contribution is -2.14. The quantitative estimate of drug-likeness (QED) is 0.445. The number of nitrogens with zero attached hydrogens (tertiary/aromatic N) is 1. The van der Waals surface area contributed by atoms with Crippen LogP contribution in [0, 0.1) is 0 Å². The van der Waals surface area contributed by atoms with Crippen LogP contribution in [0.25, 0.3) is 10.6 Å². The maximum absolute atomic E-state index is 12.2. The van der Waals surface area contributed by atoms with E-state index in [1.807, 2.05) is 41.4 Å².